The van der Waals surface area contributed by atoms with Crippen LogP contribution >= 0.6 is 45.2 Å². The first kappa shape index (κ1) is 20.4. The van der Waals surface area contributed by atoms with Gasteiger partial charge in [-0.05, 0) is 79.3 Å². The van der Waals surface area contributed by atoms with Gasteiger partial charge in [-0.25, -0.2) is 0 Å². The maximum atomic E-state index is 6.49. The minimum atomic E-state index is -0.0920. The van der Waals surface area contributed by atoms with Crippen molar-refractivity contribution in [3.8, 4) is 11.5 Å². The Hall–Kier alpha value is -0.300. The van der Waals surface area contributed by atoms with Crippen LogP contribution in [0, 0.1) is 7.14 Å². The van der Waals surface area contributed by atoms with Crippen molar-refractivity contribution in [2.24, 2.45) is 0 Å². The Balaban J connectivity index is 2.29. The molecule has 0 atom stereocenters. The van der Waals surface area contributed by atoms with Crippen LogP contribution in [0.25, 0.3) is 0 Å². The van der Waals surface area contributed by atoms with E-state index in [1.54, 1.807) is 0 Å². The number of hydrogen-bond donors (Lipinski definition) is 0. The highest BCUT2D eigenvalue weighted by Gasteiger charge is 2.38. The van der Waals surface area contributed by atoms with Gasteiger partial charge in [0, 0.05) is 16.5 Å². The van der Waals surface area contributed by atoms with Gasteiger partial charge in [0.25, 0.3) is 0 Å². The van der Waals surface area contributed by atoms with Gasteiger partial charge >= 0.3 is 0 Å². The minimum absolute atomic E-state index is 0.0920. The van der Waals surface area contributed by atoms with Crippen LogP contribution in [0.4, 0.5) is 0 Å². The summed E-state index contributed by atoms with van der Waals surface area (Å²) in [5, 5.41) is 0. The van der Waals surface area contributed by atoms with E-state index in [1.807, 2.05) is 0 Å². The molecule has 3 rings (SSSR count). The van der Waals surface area contributed by atoms with Gasteiger partial charge in [0.1, 0.15) is 11.5 Å². The molecule has 0 amide bonds. The highest BCUT2D eigenvalue weighted by Crippen LogP contribution is 2.52. The molecule has 140 valence electrons. The fourth-order valence-corrected chi connectivity index (χ4v) is 4.91. The summed E-state index contributed by atoms with van der Waals surface area (Å²) in [5.74, 6) is 2.05. The predicted octanol–water partition coefficient (Wildman–Crippen LogP) is 7.92. The molecule has 2 aromatic carbocycles. The van der Waals surface area contributed by atoms with Crippen molar-refractivity contribution >= 4 is 45.2 Å². The quantitative estimate of drug-likeness (QED) is 0.291. The predicted molar refractivity (Wildman–Crippen MR) is 128 cm³/mol. The fraction of sp³-hybridized carbons (Fsp3) is 0.478. The van der Waals surface area contributed by atoms with Crippen LogP contribution in [0.1, 0.15) is 77.6 Å². The van der Waals surface area contributed by atoms with Gasteiger partial charge in [0.2, 0.25) is 0 Å². The Bertz CT molecular complexity index is 809. The second-order valence-electron chi connectivity index (χ2n) is 9.90. The van der Waals surface area contributed by atoms with E-state index < -0.39 is 0 Å². The molecule has 26 heavy (non-hydrogen) atoms. The molecule has 3 heteroatoms. The van der Waals surface area contributed by atoms with Gasteiger partial charge in [0.15, 0.2) is 0 Å². The van der Waals surface area contributed by atoms with E-state index in [1.165, 1.54) is 29.4 Å². The summed E-state index contributed by atoms with van der Waals surface area (Å²) in [5.41, 5.74) is 5.46. The summed E-state index contributed by atoms with van der Waals surface area (Å²) >= 11 is 4.86. The van der Waals surface area contributed by atoms with E-state index >= 15 is 0 Å². The highest BCUT2D eigenvalue weighted by atomic mass is 127. The van der Waals surface area contributed by atoms with Crippen molar-refractivity contribution in [3.63, 3.8) is 0 Å². The van der Waals surface area contributed by atoms with E-state index in [-0.39, 0.29) is 16.2 Å². The molecule has 0 fully saturated rings. The molecule has 1 nitrogen and oxygen atoms in total. The van der Waals surface area contributed by atoms with Crippen molar-refractivity contribution < 1.29 is 4.74 Å². The van der Waals surface area contributed by atoms with Crippen LogP contribution in [-0.4, -0.2) is 0 Å². The molecule has 0 N–H and O–H groups in total. The number of hydrogen-bond acceptors (Lipinski definition) is 1. The summed E-state index contributed by atoms with van der Waals surface area (Å²) in [6, 6.07) is 9.27. The fourth-order valence-electron chi connectivity index (χ4n) is 3.44. The van der Waals surface area contributed by atoms with E-state index in [4.69, 9.17) is 4.74 Å². The van der Waals surface area contributed by atoms with E-state index in [0.29, 0.717) is 0 Å². The molecule has 0 unspecified atom stereocenters. The second-order valence-corrected chi connectivity index (χ2v) is 12.2. The van der Waals surface area contributed by atoms with Gasteiger partial charge in [-0.1, -0.05) is 67.5 Å². The third kappa shape index (κ3) is 3.43. The maximum Gasteiger partial charge on any atom is 0.144 e. The second kappa shape index (κ2) is 6.36. The van der Waals surface area contributed by atoms with Crippen LogP contribution in [0.5, 0.6) is 11.5 Å². The molecule has 0 aromatic heterocycles. The van der Waals surface area contributed by atoms with Crippen molar-refractivity contribution in [3.05, 3.63) is 53.7 Å². The Morgan fingerprint density at radius 3 is 1.35 bits per heavy atom. The summed E-state index contributed by atoms with van der Waals surface area (Å²) in [6.07, 6.45) is 0. The summed E-state index contributed by atoms with van der Waals surface area (Å²) in [7, 11) is 0. The average Bonchev–Trinajstić information content (AvgIpc) is 2.47. The number of ether oxygens (including phenoxy) is 1. The molecule has 1 heterocycles. The zero-order valence-corrected chi connectivity index (χ0v) is 21.3. The molecule has 0 aliphatic carbocycles. The van der Waals surface area contributed by atoms with Crippen molar-refractivity contribution in [2.45, 2.75) is 71.6 Å². The van der Waals surface area contributed by atoms with Gasteiger partial charge in [0.05, 0.1) is 7.14 Å². The minimum Gasteiger partial charge on any atom is -0.454 e. The standard InChI is InChI=1S/C23H28I2O/c1-21(2,3)13-9-15-19(17(24)11-13)26-20-16(23(15,7)8)10-14(12-18(20)25)22(4,5)6/h9-12H,1-8H3. The van der Waals surface area contributed by atoms with Gasteiger partial charge in [-0.3, -0.25) is 0 Å². The normalized spacial score (nSPS) is 15.9. The molecular formula is C23H28I2O. The van der Waals surface area contributed by atoms with Crippen LogP contribution in [0.15, 0.2) is 24.3 Å². The first-order valence-electron chi connectivity index (χ1n) is 9.10. The first-order valence-corrected chi connectivity index (χ1v) is 11.3. The van der Waals surface area contributed by atoms with Gasteiger partial charge in [-0.15, -0.1) is 0 Å². The van der Waals surface area contributed by atoms with Crippen LogP contribution in [0.3, 0.4) is 0 Å². The summed E-state index contributed by atoms with van der Waals surface area (Å²) in [6.45, 7) is 18.3. The van der Waals surface area contributed by atoms with E-state index in [2.05, 4.69) is 125 Å². The zero-order chi connectivity index (χ0) is 19.7. The largest absolute Gasteiger partial charge is 0.454 e. The number of fused-ring (bicyclic) bond motifs is 2. The molecule has 0 saturated carbocycles. The topological polar surface area (TPSA) is 9.23 Å². The smallest absolute Gasteiger partial charge is 0.144 e. The molecule has 1 aliphatic rings. The highest BCUT2D eigenvalue weighted by molar-refractivity contribution is 14.1. The van der Waals surface area contributed by atoms with Gasteiger partial charge < -0.3 is 4.74 Å². The lowest BCUT2D eigenvalue weighted by Crippen LogP contribution is -2.28. The third-order valence-corrected chi connectivity index (χ3v) is 6.97. The molecule has 0 bridgehead atoms. The molecule has 0 radical (unpaired) electrons. The third-order valence-electron chi connectivity index (χ3n) is 5.37. The molecule has 0 spiro atoms. The van der Waals surface area contributed by atoms with Crippen molar-refractivity contribution in [1.82, 2.24) is 0 Å². The lowest BCUT2D eigenvalue weighted by Gasteiger charge is -2.38. The average molecular weight is 574 g/mol. The zero-order valence-electron chi connectivity index (χ0n) is 17.0. The molecule has 1 aliphatic heterocycles. The summed E-state index contributed by atoms with van der Waals surface area (Å²) in [4.78, 5) is 0. The van der Waals surface area contributed by atoms with E-state index in [9.17, 15) is 0 Å². The molecule has 2 aromatic rings. The first-order chi connectivity index (χ1) is 11.7. The van der Waals surface area contributed by atoms with Gasteiger partial charge in [-0.2, -0.15) is 0 Å². The number of benzene rings is 2. The Morgan fingerprint density at radius 2 is 1.04 bits per heavy atom. The maximum absolute atomic E-state index is 6.49. The number of halogens is 2. The summed E-state index contributed by atoms with van der Waals surface area (Å²) < 4.78 is 8.88. The van der Waals surface area contributed by atoms with Crippen molar-refractivity contribution in [1.29, 1.82) is 0 Å². The Labute approximate surface area is 185 Å². The molecule has 0 saturated heterocycles. The Kier molecular flexibility index (Phi) is 5.00. The van der Waals surface area contributed by atoms with E-state index in [0.717, 1.165) is 11.5 Å². The van der Waals surface area contributed by atoms with Crippen LogP contribution in [-0.2, 0) is 16.2 Å². The van der Waals surface area contributed by atoms with Crippen LogP contribution < -0.4 is 4.74 Å². The SMILES string of the molecule is CC(C)(C)c1cc(I)c2c(c1)C(C)(C)c1cc(C(C)(C)C)cc(I)c1O2. The number of rotatable bonds is 0. The Morgan fingerprint density at radius 1 is 0.692 bits per heavy atom. The van der Waals surface area contributed by atoms with Crippen LogP contribution in [0.2, 0.25) is 0 Å². The lowest BCUT2D eigenvalue weighted by molar-refractivity contribution is 0.409. The van der Waals surface area contributed by atoms with Crippen molar-refractivity contribution in [2.75, 3.05) is 0 Å². The lowest BCUT2D eigenvalue weighted by atomic mass is 9.72. The molecular weight excluding hydrogens is 546 g/mol. The monoisotopic (exact) mass is 574 g/mol.